The quantitative estimate of drug-likeness (QED) is 0.513. The van der Waals surface area contributed by atoms with Gasteiger partial charge in [0.25, 0.3) is 0 Å². The highest BCUT2D eigenvalue weighted by molar-refractivity contribution is 14.1. The molecule has 1 aromatic heterocycles. The van der Waals surface area contributed by atoms with Crippen molar-refractivity contribution in [2.24, 2.45) is 0 Å². The van der Waals surface area contributed by atoms with Gasteiger partial charge >= 0.3 is 5.97 Å². The second kappa shape index (κ2) is 4.74. The van der Waals surface area contributed by atoms with Gasteiger partial charge in [0.05, 0.1) is 33.8 Å². The molecule has 0 saturated heterocycles. The first-order chi connectivity index (χ1) is 8.11. The topological polar surface area (TPSA) is 70.1 Å². The second-order valence-corrected chi connectivity index (χ2v) is 4.61. The van der Waals surface area contributed by atoms with Crippen LogP contribution in [-0.4, -0.2) is 22.9 Å². The van der Waals surface area contributed by atoms with E-state index in [2.05, 4.69) is 32.4 Å². The van der Waals surface area contributed by atoms with E-state index >= 15 is 0 Å². The maximum atomic E-state index is 11.3. The second-order valence-electron chi connectivity index (χ2n) is 3.37. The van der Waals surface area contributed by atoms with Gasteiger partial charge in [-0.15, -0.1) is 0 Å². The predicted molar refractivity (Wildman–Crippen MR) is 72.0 cm³/mol. The van der Waals surface area contributed by atoms with Crippen LogP contribution in [0.3, 0.4) is 0 Å². The molecular formula is C11H10IN3O2. The Bertz CT molecular complexity index is 566. The van der Waals surface area contributed by atoms with Gasteiger partial charge in [-0.25, -0.2) is 9.48 Å². The fourth-order valence-electron chi connectivity index (χ4n) is 1.44. The third-order valence-electron chi connectivity index (χ3n) is 2.25. The van der Waals surface area contributed by atoms with Crippen LogP contribution in [0.2, 0.25) is 0 Å². The van der Waals surface area contributed by atoms with E-state index in [1.54, 1.807) is 29.1 Å². The van der Waals surface area contributed by atoms with Gasteiger partial charge in [0.15, 0.2) is 0 Å². The summed E-state index contributed by atoms with van der Waals surface area (Å²) < 4.78 is 7.30. The first-order valence-corrected chi connectivity index (χ1v) is 5.88. The molecule has 0 bridgehead atoms. The molecular weight excluding hydrogens is 333 g/mol. The van der Waals surface area contributed by atoms with Gasteiger partial charge in [-0.05, 0) is 40.8 Å². The van der Waals surface area contributed by atoms with E-state index in [1.807, 2.05) is 6.20 Å². The molecule has 0 amide bonds. The summed E-state index contributed by atoms with van der Waals surface area (Å²) >= 11 is 2.16. The summed E-state index contributed by atoms with van der Waals surface area (Å²) in [5.74, 6) is -0.404. The van der Waals surface area contributed by atoms with E-state index in [4.69, 9.17) is 5.73 Å². The van der Waals surface area contributed by atoms with Gasteiger partial charge in [0, 0.05) is 6.20 Å². The first-order valence-electron chi connectivity index (χ1n) is 4.80. The molecule has 0 fully saturated rings. The van der Waals surface area contributed by atoms with E-state index in [9.17, 15) is 4.79 Å². The molecule has 0 spiro atoms. The number of rotatable bonds is 2. The van der Waals surface area contributed by atoms with Crippen molar-refractivity contribution in [1.82, 2.24) is 9.78 Å². The monoisotopic (exact) mass is 343 g/mol. The zero-order valence-corrected chi connectivity index (χ0v) is 11.2. The third-order valence-corrected chi connectivity index (χ3v) is 2.80. The Hall–Kier alpha value is -1.57. The molecule has 17 heavy (non-hydrogen) atoms. The van der Waals surface area contributed by atoms with Crippen molar-refractivity contribution in [2.75, 3.05) is 12.8 Å². The smallest absolute Gasteiger partial charge is 0.337 e. The van der Waals surface area contributed by atoms with Crippen LogP contribution < -0.4 is 5.73 Å². The van der Waals surface area contributed by atoms with Gasteiger partial charge in [-0.1, -0.05) is 0 Å². The molecule has 0 unspecified atom stereocenters. The number of hydrogen-bond donors (Lipinski definition) is 1. The number of halogens is 1. The molecule has 1 heterocycles. The maximum Gasteiger partial charge on any atom is 0.337 e. The predicted octanol–water partition coefficient (Wildman–Crippen LogP) is 1.85. The summed E-state index contributed by atoms with van der Waals surface area (Å²) in [6, 6.07) is 4.98. The fraction of sp³-hybridized carbons (Fsp3) is 0.0909. The normalized spacial score (nSPS) is 10.2. The molecule has 2 aromatic rings. The number of carbonyl (C=O) groups excluding carboxylic acids is 1. The minimum Gasteiger partial charge on any atom is -0.465 e. The lowest BCUT2D eigenvalue weighted by molar-refractivity contribution is 0.0601. The summed E-state index contributed by atoms with van der Waals surface area (Å²) in [6.45, 7) is 0. The zero-order valence-electron chi connectivity index (χ0n) is 9.05. The Kier molecular flexibility index (Phi) is 3.32. The molecule has 5 nitrogen and oxygen atoms in total. The van der Waals surface area contributed by atoms with Crippen LogP contribution in [0.15, 0.2) is 30.6 Å². The van der Waals surface area contributed by atoms with Crippen LogP contribution in [-0.2, 0) is 4.74 Å². The molecule has 0 atom stereocenters. The number of benzene rings is 1. The number of nitrogens with two attached hydrogens (primary N) is 1. The number of hydrogen-bond acceptors (Lipinski definition) is 4. The van der Waals surface area contributed by atoms with Crippen LogP contribution in [0.5, 0.6) is 0 Å². The molecule has 0 aliphatic heterocycles. The fourth-order valence-corrected chi connectivity index (χ4v) is 1.83. The average Bonchev–Trinajstić information content (AvgIpc) is 2.74. The Balaban J connectivity index is 2.41. The number of esters is 1. The number of nitrogen functional groups attached to an aromatic ring is 1. The summed E-state index contributed by atoms with van der Waals surface area (Å²) in [5, 5.41) is 4.15. The van der Waals surface area contributed by atoms with Crippen molar-refractivity contribution < 1.29 is 9.53 Å². The number of anilines is 1. The SMILES string of the molecule is COC(=O)c1ccc(-n2cc(I)cn2)c(N)c1. The van der Waals surface area contributed by atoms with E-state index in [1.165, 1.54) is 7.11 Å². The standard InChI is InChI=1S/C11H10IN3O2/c1-17-11(16)7-2-3-10(9(13)4-7)15-6-8(12)5-14-15/h2-6H,13H2,1H3. The number of aromatic nitrogens is 2. The van der Waals surface area contributed by atoms with Gasteiger partial charge < -0.3 is 10.5 Å². The van der Waals surface area contributed by atoms with Crippen molar-refractivity contribution in [3.8, 4) is 5.69 Å². The molecule has 0 saturated carbocycles. The highest BCUT2D eigenvalue weighted by Crippen LogP contribution is 2.19. The third kappa shape index (κ3) is 2.41. The molecule has 1 aromatic carbocycles. The highest BCUT2D eigenvalue weighted by atomic mass is 127. The Morgan fingerprint density at radius 3 is 2.82 bits per heavy atom. The van der Waals surface area contributed by atoms with Crippen molar-refractivity contribution >= 4 is 34.2 Å². The van der Waals surface area contributed by atoms with Crippen LogP contribution in [0.4, 0.5) is 5.69 Å². The molecule has 0 aliphatic carbocycles. The minimum absolute atomic E-state index is 0.404. The highest BCUT2D eigenvalue weighted by Gasteiger charge is 2.09. The van der Waals surface area contributed by atoms with Crippen LogP contribution >= 0.6 is 22.6 Å². The number of nitrogens with zero attached hydrogens (tertiary/aromatic N) is 2. The summed E-state index contributed by atoms with van der Waals surface area (Å²) in [4.78, 5) is 11.3. The largest absolute Gasteiger partial charge is 0.465 e. The summed E-state index contributed by atoms with van der Waals surface area (Å²) in [5.41, 5.74) is 7.53. The lowest BCUT2D eigenvalue weighted by atomic mass is 10.2. The van der Waals surface area contributed by atoms with Crippen molar-refractivity contribution in [2.45, 2.75) is 0 Å². The molecule has 0 radical (unpaired) electrons. The van der Waals surface area contributed by atoms with Gasteiger partial charge in [0.2, 0.25) is 0 Å². The molecule has 88 valence electrons. The van der Waals surface area contributed by atoms with Crippen LogP contribution in [0.1, 0.15) is 10.4 Å². The van der Waals surface area contributed by atoms with Crippen molar-refractivity contribution in [3.05, 3.63) is 39.7 Å². The lowest BCUT2D eigenvalue weighted by Gasteiger charge is -2.07. The van der Waals surface area contributed by atoms with Crippen LogP contribution in [0.25, 0.3) is 5.69 Å². The lowest BCUT2D eigenvalue weighted by Crippen LogP contribution is -2.05. The van der Waals surface area contributed by atoms with Gasteiger partial charge in [-0.2, -0.15) is 5.10 Å². The van der Waals surface area contributed by atoms with Crippen molar-refractivity contribution in [3.63, 3.8) is 0 Å². The molecule has 0 aliphatic rings. The number of methoxy groups -OCH3 is 1. The van der Waals surface area contributed by atoms with E-state index < -0.39 is 5.97 Å². The van der Waals surface area contributed by atoms with Gasteiger partial charge in [-0.3, -0.25) is 0 Å². The minimum atomic E-state index is -0.404. The van der Waals surface area contributed by atoms with E-state index in [0.717, 1.165) is 9.26 Å². The van der Waals surface area contributed by atoms with E-state index in [-0.39, 0.29) is 0 Å². The molecule has 6 heteroatoms. The van der Waals surface area contributed by atoms with Crippen molar-refractivity contribution in [1.29, 1.82) is 0 Å². The number of carbonyl (C=O) groups is 1. The Labute approximate surface area is 112 Å². The van der Waals surface area contributed by atoms with Gasteiger partial charge in [0.1, 0.15) is 0 Å². The average molecular weight is 343 g/mol. The zero-order chi connectivity index (χ0) is 12.4. The summed E-state index contributed by atoms with van der Waals surface area (Å²) in [7, 11) is 1.34. The Morgan fingerprint density at radius 2 is 2.29 bits per heavy atom. The van der Waals surface area contributed by atoms with Crippen LogP contribution in [0, 0.1) is 3.57 Å². The number of ether oxygens (including phenoxy) is 1. The molecule has 2 rings (SSSR count). The Morgan fingerprint density at radius 1 is 1.53 bits per heavy atom. The molecule has 2 N–H and O–H groups in total. The first kappa shape index (κ1) is 11.9. The maximum absolute atomic E-state index is 11.3. The van der Waals surface area contributed by atoms with E-state index in [0.29, 0.717) is 11.3 Å². The summed E-state index contributed by atoms with van der Waals surface area (Å²) in [6.07, 6.45) is 3.58.